The predicted molar refractivity (Wildman–Crippen MR) is 225 cm³/mol. The lowest BCUT2D eigenvalue weighted by molar-refractivity contribution is -0.399. The van der Waals surface area contributed by atoms with E-state index >= 15 is 0 Å². The van der Waals surface area contributed by atoms with Crippen LogP contribution in [0.4, 0.5) is 0 Å². The van der Waals surface area contributed by atoms with Gasteiger partial charge in [-0.15, -0.1) is 0 Å². The second-order valence-corrected chi connectivity index (χ2v) is 18.5. The van der Waals surface area contributed by atoms with Gasteiger partial charge in [-0.2, -0.15) is 0 Å². The second-order valence-electron chi connectivity index (χ2n) is 18.5. The number of unbranched alkanes of at least 4 members (excludes halogenated alkanes) is 2. The van der Waals surface area contributed by atoms with Crippen LogP contribution in [0.3, 0.4) is 0 Å². The molecule has 0 amide bonds. The zero-order valence-electron chi connectivity index (χ0n) is 38.8. The topological polar surface area (TPSA) is 288 Å². The highest BCUT2D eigenvalue weighted by Crippen LogP contribution is 2.38. The van der Waals surface area contributed by atoms with Gasteiger partial charge in [0.25, 0.3) is 0 Å². The van der Waals surface area contributed by atoms with Gasteiger partial charge in [0.2, 0.25) is 0 Å². The molecule has 5 heterocycles. The summed E-state index contributed by atoms with van der Waals surface area (Å²) in [6.45, 7) is 9.26. The molecule has 5 aliphatic rings. The van der Waals surface area contributed by atoms with E-state index in [2.05, 4.69) is 6.92 Å². The number of carbonyl (C=O) groups is 2. The molecule has 22 atom stereocenters. The van der Waals surface area contributed by atoms with Crippen LogP contribution in [-0.2, 0) is 57.0 Å². The number of hydrogen-bond acceptors (Lipinski definition) is 20. The smallest absolute Gasteiger partial charge is 0.309 e. The molecule has 20 heteroatoms. The number of hydrogen-bond donors (Lipinski definition) is 8. The fraction of sp³-hybridized carbons (Fsp3) is 0.956. The van der Waals surface area contributed by atoms with Crippen LogP contribution >= 0.6 is 0 Å². The van der Waals surface area contributed by atoms with Gasteiger partial charge in [0.05, 0.1) is 36.9 Å². The van der Waals surface area contributed by atoms with E-state index in [1.54, 1.807) is 20.8 Å². The van der Waals surface area contributed by atoms with Gasteiger partial charge in [-0.3, -0.25) is 9.59 Å². The molecule has 1 unspecified atom stereocenters. The molecule has 5 saturated heterocycles. The zero-order valence-corrected chi connectivity index (χ0v) is 38.8. The van der Waals surface area contributed by atoms with Crippen molar-refractivity contribution in [3.05, 3.63) is 0 Å². The molecule has 0 saturated carbocycles. The average Bonchev–Trinajstić information content (AvgIpc) is 3.28. The SMILES string of the molecule is CCCCC[C@H]1CCCCCCCCCC(=O)O[C@@H]2[C@@H](O[C@@H]3O[C@H](C)[C@@H](O)[C@H](O)[C@H]3O)[C@H](C)O[C@@H](O[C@H]3[C@H](O[C@@H]4[C@@H](O1)O[C@@H](C)[C@H](O)[C@H]4O)O[C@H](CO)[C@@H](O)[C@@H]3O)[C@@H]2OC(=O)C(C)CC. The van der Waals surface area contributed by atoms with Crippen LogP contribution in [0, 0.1) is 5.92 Å². The largest absolute Gasteiger partial charge is 0.455 e. The van der Waals surface area contributed by atoms with E-state index in [4.69, 9.17) is 47.4 Å². The molecule has 0 aromatic rings. The predicted octanol–water partition coefficient (Wildman–Crippen LogP) is 0.980. The van der Waals surface area contributed by atoms with Crippen molar-refractivity contribution in [2.45, 2.75) is 260 Å². The monoisotopic (exact) mass is 939 g/mol. The Morgan fingerprint density at radius 3 is 1.88 bits per heavy atom. The molecular weight excluding hydrogens is 860 g/mol. The molecule has 65 heavy (non-hydrogen) atoms. The number of esters is 2. The first-order valence-corrected chi connectivity index (χ1v) is 24.0. The Morgan fingerprint density at radius 2 is 1.22 bits per heavy atom. The molecule has 0 aliphatic carbocycles. The Balaban J connectivity index is 1.56. The van der Waals surface area contributed by atoms with Gasteiger partial charge in [-0.1, -0.05) is 78.6 Å². The molecule has 8 N–H and O–H groups in total. The summed E-state index contributed by atoms with van der Waals surface area (Å²) in [4.78, 5) is 27.5. The van der Waals surface area contributed by atoms with Crippen molar-refractivity contribution in [3.8, 4) is 0 Å². The van der Waals surface area contributed by atoms with E-state index in [0.717, 1.165) is 57.8 Å². The molecule has 0 aromatic heterocycles. The van der Waals surface area contributed by atoms with Crippen LogP contribution in [0.2, 0.25) is 0 Å². The molecule has 2 bridgehead atoms. The number of rotatable bonds is 10. The summed E-state index contributed by atoms with van der Waals surface area (Å²) >= 11 is 0. The van der Waals surface area contributed by atoms with Gasteiger partial charge in [-0.05, 0) is 46.5 Å². The van der Waals surface area contributed by atoms with Gasteiger partial charge < -0.3 is 88.2 Å². The molecule has 5 fully saturated rings. The van der Waals surface area contributed by atoms with E-state index in [1.165, 1.54) is 13.8 Å². The zero-order chi connectivity index (χ0) is 47.5. The Morgan fingerprint density at radius 1 is 0.631 bits per heavy atom. The molecule has 378 valence electrons. The first-order chi connectivity index (χ1) is 31.0. The number of carbonyl (C=O) groups excluding carboxylic acids is 2. The van der Waals surface area contributed by atoms with Gasteiger partial charge in [0.1, 0.15) is 67.1 Å². The summed E-state index contributed by atoms with van der Waals surface area (Å²) in [5.41, 5.74) is 0. The average molecular weight is 939 g/mol. The highest BCUT2D eigenvalue weighted by molar-refractivity contribution is 5.72. The maximum absolute atomic E-state index is 13.8. The minimum Gasteiger partial charge on any atom is -0.455 e. The molecular formula is C45H78O20. The summed E-state index contributed by atoms with van der Waals surface area (Å²) in [5, 5.41) is 87.8. The van der Waals surface area contributed by atoms with E-state index in [1.807, 2.05) is 0 Å². The Bertz CT molecular complexity index is 1430. The van der Waals surface area contributed by atoms with Gasteiger partial charge in [0, 0.05) is 6.42 Å². The van der Waals surface area contributed by atoms with Crippen molar-refractivity contribution in [3.63, 3.8) is 0 Å². The van der Waals surface area contributed by atoms with Crippen molar-refractivity contribution < 1.29 is 97.8 Å². The molecule has 5 aliphatic heterocycles. The van der Waals surface area contributed by atoms with E-state index < -0.39 is 147 Å². The lowest BCUT2D eigenvalue weighted by Gasteiger charge is -2.50. The van der Waals surface area contributed by atoms with Crippen LogP contribution in [0.5, 0.6) is 0 Å². The Kier molecular flexibility index (Phi) is 21.5. The third kappa shape index (κ3) is 14.0. The quantitative estimate of drug-likeness (QED) is 0.112. The molecule has 0 aromatic carbocycles. The minimum atomic E-state index is -1.90. The maximum Gasteiger partial charge on any atom is 0.309 e. The van der Waals surface area contributed by atoms with Crippen LogP contribution in [0.25, 0.3) is 0 Å². The number of aliphatic hydroxyl groups excluding tert-OH is 8. The van der Waals surface area contributed by atoms with Crippen LogP contribution in [0.15, 0.2) is 0 Å². The van der Waals surface area contributed by atoms with E-state index in [9.17, 15) is 50.4 Å². The van der Waals surface area contributed by atoms with Crippen molar-refractivity contribution in [2.24, 2.45) is 5.92 Å². The van der Waals surface area contributed by atoms with E-state index in [0.29, 0.717) is 25.7 Å². The normalized spacial score (nSPS) is 44.8. The van der Waals surface area contributed by atoms with E-state index in [-0.39, 0.29) is 12.5 Å². The molecule has 0 spiro atoms. The van der Waals surface area contributed by atoms with Crippen molar-refractivity contribution in [1.82, 2.24) is 0 Å². The van der Waals surface area contributed by atoms with Crippen LogP contribution in [-0.4, -0.2) is 188 Å². The van der Waals surface area contributed by atoms with Gasteiger partial charge in [-0.25, -0.2) is 0 Å². The lowest BCUT2D eigenvalue weighted by Crippen LogP contribution is -2.68. The summed E-state index contributed by atoms with van der Waals surface area (Å²) in [5.74, 6) is -2.12. The summed E-state index contributed by atoms with van der Waals surface area (Å²) < 4.78 is 62.1. The first kappa shape index (κ1) is 54.2. The highest BCUT2D eigenvalue weighted by atomic mass is 16.8. The lowest BCUT2D eigenvalue weighted by atomic mass is 9.95. The third-order valence-corrected chi connectivity index (χ3v) is 13.4. The van der Waals surface area contributed by atoms with Crippen molar-refractivity contribution >= 4 is 11.9 Å². The van der Waals surface area contributed by atoms with Gasteiger partial charge >= 0.3 is 11.9 Å². The molecule has 0 radical (unpaired) electrons. The van der Waals surface area contributed by atoms with Crippen molar-refractivity contribution in [2.75, 3.05) is 6.61 Å². The maximum atomic E-state index is 13.8. The third-order valence-electron chi connectivity index (χ3n) is 13.4. The van der Waals surface area contributed by atoms with Gasteiger partial charge in [0.15, 0.2) is 37.4 Å². The van der Waals surface area contributed by atoms with Crippen LogP contribution in [0.1, 0.15) is 131 Å². The number of fused-ring (bicyclic) bond motifs is 4. The fourth-order valence-corrected chi connectivity index (χ4v) is 8.93. The van der Waals surface area contributed by atoms with Crippen molar-refractivity contribution in [1.29, 1.82) is 0 Å². The Hall–Kier alpha value is -1.70. The second kappa shape index (κ2) is 25.8. The summed E-state index contributed by atoms with van der Waals surface area (Å²) in [6, 6.07) is 0. The molecule has 20 nitrogen and oxygen atoms in total. The fourth-order valence-electron chi connectivity index (χ4n) is 8.93. The number of ether oxygens (including phenoxy) is 10. The summed E-state index contributed by atoms with van der Waals surface area (Å²) in [7, 11) is 0. The summed E-state index contributed by atoms with van der Waals surface area (Å²) in [6.07, 6.45) is -20.4. The molecule has 5 rings (SSSR count). The van der Waals surface area contributed by atoms with Crippen LogP contribution < -0.4 is 0 Å². The first-order valence-electron chi connectivity index (χ1n) is 24.0. The standard InChI is InChI=1S/C45H78O20/c1-7-9-15-18-26-19-16-13-11-10-12-14-17-20-28(47)61-39-36(63-42-35(54)32(51)29(48)23(4)56-42)25(6)58-45(40(39)62-41(55)22(3)8-2)65-38-34(53)31(50)27(21-46)60-44(38)64-37-33(52)30(49)24(5)57-43(37)59-26/h22-27,29-40,42-46,48-54H,7-21H2,1-6H3/t22?,23-,24+,25+,26+,27-,29-,30+,31-,32+,33-,34+,35-,36+,37+,38-,39-,40-,42+,43-,44+,45+/m1/s1. The Labute approximate surface area is 382 Å². The number of aliphatic hydroxyl groups is 8. The minimum absolute atomic E-state index is 0.0193. The highest BCUT2D eigenvalue weighted by Gasteiger charge is 2.57.